The molecular formula is C19H15N3O2. The minimum absolute atomic E-state index is 0.115. The molecule has 0 fully saturated rings. The van der Waals surface area contributed by atoms with Crippen molar-refractivity contribution in [3.8, 4) is 11.6 Å². The quantitative estimate of drug-likeness (QED) is 0.759. The molecule has 4 rings (SSSR count). The van der Waals surface area contributed by atoms with Crippen LogP contribution in [0.5, 0.6) is 5.88 Å². The number of aromatic nitrogens is 2. The van der Waals surface area contributed by atoms with Gasteiger partial charge in [-0.1, -0.05) is 36.4 Å². The third-order valence-corrected chi connectivity index (χ3v) is 4.07. The Morgan fingerprint density at radius 2 is 1.79 bits per heavy atom. The number of nitrogens with zero attached hydrogens (tertiary/aromatic N) is 2. The number of allylic oxidation sites excluding steroid dienone is 1. The van der Waals surface area contributed by atoms with Gasteiger partial charge in [-0.25, -0.2) is 9.36 Å². The largest absolute Gasteiger partial charge is 0.493 e. The highest BCUT2D eigenvalue weighted by Crippen LogP contribution is 2.36. The van der Waals surface area contributed by atoms with Crippen LogP contribution in [0.4, 0.5) is 5.69 Å². The highest BCUT2D eigenvalue weighted by Gasteiger charge is 2.19. The summed E-state index contributed by atoms with van der Waals surface area (Å²) in [5.74, 6) is -0.115. The average Bonchev–Trinajstić information content (AvgIpc) is 3.05. The van der Waals surface area contributed by atoms with Crippen LogP contribution in [0.2, 0.25) is 0 Å². The Labute approximate surface area is 138 Å². The number of rotatable bonds is 2. The second kappa shape index (κ2) is 5.38. The summed E-state index contributed by atoms with van der Waals surface area (Å²) in [7, 11) is 0. The summed E-state index contributed by atoms with van der Waals surface area (Å²) in [6.45, 7) is 1.91. The SMILES string of the molecule is CC1=Nc2ccccc2/C1=C/c1[nH]c(=O)n(-c2ccccc2)c1O. The highest BCUT2D eigenvalue weighted by molar-refractivity contribution is 6.31. The van der Waals surface area contributed by atoms with Crippen LogP contribution in [-0.4, -0.2) is 20.4 Å². The molecule has 2 heterocycles. The Kier molecular flexibility index (Phi) is 3.20. The zero-order chi connectivity index (χ0) is 16.7. The van der Waals surface area contributed by atoms with E-state index in [4.69, 9.17) is 0 Å². The number of hydrogen-bond donors (Lipinski definition) is 2. The fourth-order valence-electron chi connectivity index (χ4n) is 2.92. The van der Waals surface area contributed by atoms with Gasteiger partial charge in [0.25, 0.3) is 0 Å². The number of para-hydroxylation sites is 2. The summed E-state index contributed by atoms with van der Waals surface area (Å²) in [5.41, 5.74) is 4.22. The Hall–Kier alpha value is -3.34. The van der Waals surface area contributed by atoms with Crippen molar-refractivity contribution in [3.63, 3.8) is 0 Å². The van der Waals surface area contributed by atoms with Gasteiger partial charge in [-0.15, -0.1) is 0 Å². The lowest BCUT2D eigenvalue weighted by Gasteiger charge is -2.03. The molecule has 0 spiro atoms. The number of aromatic amines is 1. The molecule has 0 saturated heterocycles. The Balaban J connectivity index is 1.86. The highest BCUT2D eigenvalue weighted by atomic mass is 16.3. The second-order valence-electron chi connectivity index (χ2n) is 5.61. The van der Waals surface area contributed by atoms with Crippen molar-refractivity contribution in [1.82, 2.24) is 9.55 Å². The van der Waals surface area contributed by atoms with Gasteiger partial charge >= 0.3 is 5.69 Å². The zero-order valence-corrected chi connectivity index (χ0v) is 13.0. The lowest BCUT2D eigenvalue weighted by atomic mass is 10.0. The molecule has 0 atom stereocenters. The van der Waals surface area contributed by atoms with Crippen molar-refractivity contribution in [2.45, 2.75) is 6.92 Å². The van der Waals surface area contributed by atoms with E-state index in [1.807, 2.05) is 49.4 Å². The number of nitrogens with one attached hydrogen (secondary N) is 1. The first-order valence-electron chi connectivity index (χ1n) is 7.61. The van der Waals surface area contributed by atoms with Crippen LogP contribution < -0.4 is 5.69 Å². The first-order valence-corrected chi connectivity index (χ1v) is 7.61. The van der Waals surface area contributed by atoms with E-state index in [0.29, 0.717) is 11.4 Å². The number of aliphatic imine (C=N–C) groups is 1. The third kappa shape index (κ3) is 2.18. The number of fused-ring (bicyclic) bond motifs is 1. The maximum atomic E-state index is 12.3. The van der Waals surface area contributed by atoms with Crippen LogP contribution in [0.15, 0.2) is 64.4 Å². The lowest BCUT2D eigenvalue weighted by Crippen LogP contribution is -2.14. The standard InChI is InChI=1S/C19H15N3O2/c1-12-15(14-9-5-6-10-16(14)20-12)11-17-18(23)22(19(24)21-17)13-7-3-2-4-8-13/h2-11,23H,1H3,(H,21,24)/b15-11+. The van der Waals surface area contributed by atoms with Gasteiger partial charge in [-0.05, 0) is 31.2 Å². The van der Waals surface area contributed by atoms with E-state index in [9.17, 15) is 9.90 Å². The molecule has 3 aromatic rings. The molecule has 5 heteroatoms. The summed E-state index contributed by atoms with van der Waals surface area (Å²) in [4.78, 5) is 19.5. The first-order chi connectivity index (χ1) is 11.6. The number of benzene rings is 2. The summed E-state index contributed by atoms with van der Waals surface area (Å²) in [5, 5.41) is 10.5. The van der Waals surface area contributed by atoms with Crippen LogP contribution in [0, 0.1) is 0 Å². The second-order valence-corrected chi connectivity index (χ2v) is 5.61. The number of aromatic hydroxyl groups is 1. The monoisotopic (exact) mass is 317 g/mol. The van der Waals surface area contributed by atoms with E-state index in [2.05, 4.69) is 9.98 Å². The molecule has 5 nitrogen and oxygen atoms in total. The Morgan fingerprint density at radius 1 is 1.08 bits per heavy atom. The maximum Gasteiger partial charge on any atom is 0.333 e. The molecule has 0 bridgehead atoms. The molecule has 0 amide bonds. The molecule has 0 saturated carbocycles. The summed E-state index contributed by atoms with van der Waals surface area (Å²) >= 11 is 0. The van der Waals surface area contributed by atoms with Crippen molar-refractivity contribution in [1.29, 1.82) is 0 Å². The smallest absolute Gasteiger partial charge is 0.333 e. The van der Waals surface area contributed by atoms with Crippen molar-refractivity contribution in [3.05, 3.63) is 76.3 Å². The van der Waals surface area contributed by atoms with Gasteiger partial charge in [0.05, 0.1) is 11.4 Å². The van der Waals surface area contributed by atoms with E-state index in [1.165, 1.54) is 4.57 Å². The molecule has 2 aromatic carbocycles. The Morgan fingerprint density at radius 3 is 2.58 bits per heavy atom. The predicted molar refractivity (Wildman–Crippen MR) is 95.1 cm³/mol. The number of imidazole rings is 1. The minimum Gasteiger partial charge on any atom is -0.493 e. The van der Waals surface area contributed by atoms with Gasteiger partial charge < -0.3 is 10.1 Å². The molecular weight excluding hydrogens is 302 g/mol. The normalized spacial score (nSPS) is 14.7. The molecule has 0 aliphatic carbocycles. The molecule has 24 heavy (non-hydrogen) atoms. The van der Waals surface area contributed by atoms with Crippen LogP contribution >= 0.6 is 0 Å². The van der Waals surface area contributed by atoms with Gasteiger partial charge in [0.1, 0.15) is 5.69 Å². The van der Waals surface area contributed by atoms with E-state index in [0.717, 1.165) is 22.5 Å². The van der Waals surface area contributed by atoms with Crippen molar-refractivity contribution in [2.75, 3.05) is 0 Å². The van der Waals surface area contributed by atoms with Gasteiger partial charge in [0.15, 0.2) is 0 Å². The fraction of sp³-hybridized carbons (Fsp3) is 0.0526. The fourth-order valence-corrected chi connectivity index (χ4v) is 2.92. The van der Waals surface area contributed by atoms with Crippen LogP contribution in [-0.2, 0) is 0 Å². The molecule has 0 unspecified atom stereocenters. The van der Waals surface area contributed by atoms with Crippen molar-refractivity contribution in [2.24, 2.45) is 4.99 Å². The maximum absolute atomic E-state index is 12.3. The van der Waals surface area contributed by atoms with Gasteiger partial charge in [-0.2, -0.15) is 0 Å². The van der Waals surface area contributed by atoms with Crippen LogP contribution in [0.25, 0.3) is 17.3 Å². The molecule has 2 N–H and O–H groups in total. The molecule has 1 aliphatic rings. The average molecular weight is 317 g/mol. The van der Waals surface area contributed by atoms with E-state index >= 15 is 0 Å². The molecule has 0 radical (unpaired) electrons. The van der Waals surface area contributed by atoms with Crippen molar-refractivity contribution < 1.29 is 5.11 Å². The molecule has 1 aromatic heterocycles. The van der Waals surface area contributed by atoms with Crippen LogP contribution in [0.3, 0.4) is 0 Å². The topological polar surface area (TPSA) is 70.4 Å². The first kappa shape index (κ1) is 14.3. The van der Waals surface area contributed by atoms with Crippen LogP contribution in [0.1, 0.15) is 18.2 Å². The molecule has 1 aliphatic heterocycles. The lowest BCUT2D eigenvalue weighted by molar-refractivity contribution is 0.440. The molecule has 118 valence electrons. The zero-order valence-electron chi connectivity index (χ0n) is 13.0. The Bertz CT molecular complexity index is 1040. The number of H-pyrrole nitrogens is 1. The minimum atomic E-state index is -0.383. The van der Waals surface area contributed by atoms with Gasteiger partial charge in [0.2, 0.25) is 5.88 Å². The summed E-state index contributed by atoms with van der Waals surface area (Å²) in [6.07, 6.45) is 1.76. The predicted octanol–water partition coefficient (Wildman–Crippen LogP) is 3.52. The van der Waals surface area contributed by atoms with Gasteiger partial charge in [-0.3, -0.25) is 4.99 Å². The summed E-state index contributed by atoms with van der Waals surface area (Å²) in [6, 6.07) is 16.8. The number of hydrogen-bond acceptors (Lipinski definition) is 3. The third-order valence-electron chi connectivity index (χ3n) is 4.07. The van der Waals surface area contributed by atoms with E-state index < -0.39 is 0 Å². The van der Waals surface area contributed by atoms with Crippen molar-refractivity contribution >= 4 is 23.0 Å². The van der Waals surface area contributed by atoms with Gasteiger partial charge in [0, 0.05) is 16.8 Å². The van der Waals surface area contributed by atoms with E-state index in [-0.39, 0.29) is 11.6 Å². The summed E-state index contributed by atoms with van der Waals surface area (Å²) < 4.78 is 1.25. The van der Waals surface area contributed by atoms with E-state index in [1.54, 1.807) is 18.2 Å².